The van der Waals surface area contributed by atoms with Crippen LogP contribution in [0.3, 0.4) is 0 Å². The summed E-state index contributed by atoms with van der Waals surface area (Å²) < 4.78 is 0. The molecule has 0 radical (unpaired) electrons. The molecule has 0 aliphatic heterocycles. The summed E-state index contributed by atoms with van der Waals surface area (Å²) in [5, 5.41) is 18.2. The van der Waals surface area contributed by atoms with Crippen molar-refractivity contribution in [1.82, 2.24) is 0 Å². The number of rotatable bonds is 5. The molecule has 3 nitrogen and oxygen atoms in total. The molecule has 16 heavy (non-hydrogen) atoms. The number of aromatic hydroxyl groups is 1. The van der Waals surface area contributed by atoms with E-state index in [0.717, 1.165) is 12.0 Å². The molecule has 0 fully saturated rings. The van der Waals surface area contributed by atoms with Crippen LogP contribution in [-0.2, 0) is 4.79 Å². The highest BCUT2D eigenvalue weighted by Crippen LogP contribution is 2.24. The van der Waals surface area contributed by atoms with Crippen LogP contribution in [0.5, 0.6) is 5.75 Å². The van der Waals surface area contributed by atoms with Crippen molar-refractivity contribution in [2.45, 2.75) is 25.7 Å². The molecule has 3 heteroatoms. The van der Waals surface area contributed by atoms with Crippen LogP contribution in [-0.4, -0.2) is 16.2 Å². The normalized spacial score (nSPS) is 12.8. The van der Waals surface area contributed by atoms with E-state index < -0.39 is 5.97 Å². The largest absolute Gasteiger partial charge is 0.508 e. The van der Waals surface area contributed by atoms with E-state index in [2.05, 4.69) is 0 Å². The molecule has 1 rings (SSSR count). The Morgan fingerprint density at radius 2 is 2.25 bits per heavy atom. The third-order valence-electron chi connectivity index (χ3n) is 2.30. The van der Waals surface area contributed by atoms with Crippen molar-refractivity contribution in [2.24, 2.45) is 0 Å². The van der Waals surface area contributed by atoms with E-state index in [1.807, 2.05) is 25.1 Å². The maximum absolute atomic E-state index is 10.7. The summed E-state index contributed by atoms with van der Waals surface area (Å²) in [4.78, 5) is 10.7. The summed E-state index contributed by atoms with van der Waals surface area (Å²) in [5.74, 6) is -0.851. The Kier molecular flexibility index (Phi) is 4.58. The summed E-state index contributed by atoms with van der Waals surface area (Å²) in [7, 11) is 0. The maximum Gasteiger partial charge on any atom is 0.304 e. The smallest absolute Gasteiger partial charge is 0.304 e. The predicted molar refractivity (Wildman–Crippen MR) is 62.5 cm³/mol. The summed E-state index contributed by atoms with van der Waals surface area (Å²) >= 11 is 0. The van der Waals surface area contributed by atoms with Crippen molar-refractivity contribution in [1.29, 1.82) is 0 Å². The third-order valence-corrected chi connectivity index (χ3v) is 2.30. The summed E-state index contributed by atoms with van der Waals surface area (Å²) in [6.07, 6.45) is 4.73. The Hall–Kier alpha value is -1.77. The highest BCUT2D eigenvalue weighted by molar-refractivity contribution is 5.68. The second-order valence-corrected chi connectivity index (χ2v) is 3.64. The average Bonchev–Trinajstić information content (AvgIpc) is 2.23. The van der Waals surface area contributed by atoms with Gasteiger partial charge in [-0.2, -0.15) is 0 Å². The molecule has 0 aliphatic carbocycles. The third kappa shape index (κ3) is 3.77. The summed E-state index contributed by atoms with van der Waals surface area (Å²) in [6.45, 7) is 2.00. The van der Waals surface area contributed by atoms with Gasteiger partial charge in [0.05, 0.1) is 6.42 Å². The lowest BCUT2D eigenvalue weighted by Crippen LogP contribution is -2.04. The monoisotopic (exact) mass is 220 g/mol. The first-order valence-corrected chi connectivity index (χ1v) is 5.31. The second kappa shape index (κ2) is 5.95. The molecule has 0 aliphatic rings. The second-order valence-electron chi connectivity index (χ2n) is 3.64. The zero-order valence-electron chi connectivity index (χ0n) is 9.26. The van der Waals surface area contributed by atoms with Gasteiger partial charge in [0.1, 0.15) is 5.75 Å². The first-order valence-electron chi connectivity index (χ1n) is 5.31. The molecule has 0 amide bonds. The van der Waals surface area contributed by atoms with Gasteiger partial charge in [-0.25, -0.2) is 0 Å². The van der Waals surface area contributed by atoms with E-state index in [0.29, 0.717) is 0 Å². The van der Waals surface area contributed by atoms with Gasteiger partial charge in [-0.1, -0.05) is 31.2 Å². The van der Waals surface area contributed by atoms with Gasteiger partial charge in [0.25, 0.3) is 0 Å². The van der Waals surface area contributed by atoms with Gasteiger partial charge >= 0.3 is 5.97 Å². The number of carboxylic acids is 1. The molecule has 0 heterocycles. The molecule has 2 N–H and O–H groups in total. The number of aliphatic carboxylic acids is 1. The van der Waals surface area contributed by atoms with Gasteiger partial charge in [0, 0.05) is 5.92 Å². The quantitative estimate of drug-likeness (QED) is 0.750. The number of phenols is 1. The Balaban J connectivity index is 2.91. The highest BCUT2D eigenvalue weighted by Gasteiger charge is 2.12. The van der Waals surface area contributed by atoms with Crippen LogP contribution in [0.15, 0.2) is 36.4 Å². The fourth-order valence-electron chi connectivity index (χ4n) is 1.54. The van der Waals surface area contributed by atoms with Gasteiger partial charge in [-0.15, -0.1) is 0 Å². The van der Waals surface area contributed by atoms with E-state index in [-0.39, 0.29) is 18.1 Å². The molecular formula is C13H16O3. The van der Waals surface area contributed by atoms with Crippen LogP contribution in [0.4, 0.5) is 0 Å². The Bertz CT molecular complexity index is 383. The molecule has 86 valence electrons. The van der Waals surface area contributed by atoms with Crippen LogP contribution in [0, 0.1) is 0 Å². The number of phenolic OH excluding ortho intramolecular Hbond substituents is 1. The van der Waals surface area contributed by atoms with Crippen LogP contribution < -0.4 is 0 Å². The van der Waals surface area contributed by atoms with E-state index in [1.54, 1.807) is 18.2 Å². The average molecular weight is 220 g/mol. The van der Waals surface area contributed by atoms with Gasteiger partial charge in [0.15, 0.2) is 0 Å². The Morgan fingerprint density at radius 1 is 1.50 bits per heavy atom. The maximum atomic E-state index is 10.7. The number of hydrogen-bond donors (Lipinski definition) is 2. The number of benzene rings is 1. The first-order chi connectivity index (χ1) is 7.63. The van der Waals surface area contributed by atoms with Crippen LogP contribution in [0.2, 0.25) is 0 Å². The van der Waals surface area contributed by atoms with Crippen LogP contribution >= 0.6 is 0 Å². The summed E-state index contributed by atoms with van der Waals surface area (Å²) in [6, 6.07) is 6.73. The minimum Gasteiger partial charge on any atom is -0.508 e. The first kappa shape index (κ1) is 12.3. The fraction of sp³-hybridized carbons (Fsp3) is 0.308. The molecule has 1 atom stereocenters. The van der Waals surface area contributed by atoms with E-state index in [1.165, 1.54) is 0 Å². The van der Waals surface area contributed by atoms with Crippen LogP contribution in [0.1, 0.15) is 31.2 Å². The molecule has 1 unspecified atom stereocenters. The topological polar surface area (TPSA) is 57.5 Å². The van der Waals surface area contributed by atoms with Gasteiger partial charge < -0.3 is 10.2 Å². The lowest BCUT2D eigenvalue weighted by molar-refractivity contribution is -0.137. The zero-order chi connectivity index (χ0) is 12.0. The van der Waals surface area contributed by atoms with Crippen molar-refractivity contribution in [2.75, 3.05) is 0 Å². The lowest BCUT2D eigenvalue weighted by atomic mass is 9.95. The minimum absolute atomic E-state index is 0.0416. The minimum atomic E-state index is -0.839. The number of allylic oxidation sites excluding steroid dienone is 2. The van der Waals surface area contributed by atoms with Crippen molar-refractivity contribution >= 4 is 5.97 Å². The molecule has 0 spiro atoms. The number of hydrogen-bond acceptors (Lipinski definition) is 2. The standard InChI is InChI=1S/C13H16O3/c1-2-3-5-11(9-13(15)16)10-6-4-7-12(14)8-10/h3-8,11,14H,2,9H2,1H3,(H,15,16)/b5-3+. The van der Waals surface area contributed by atoms with Crippen molar-refractivity contribution in [3.05, 3.63) is 42.0 Å². The molecule has 0 saturated carbocycles. The molecule has 1 aromatic carbocycles. The van der Waals surface area contributed by atoms with Gasteiger partial charge in [-0.3, -0.25) is 4.79 Å². The predicted octanol–water partition coefficient (Wildman–Crippen LogP) is 2.92. The molecule has 0 bridgehead atoms. The Labute approximate surface area is 95.0 Å². The SMILES string of the molecule is CC/C=C/C(CC(=O)O)c1cccc(O)c1. The molecule has 0 aromatic heterocycles. The molecular weight excluding hydrogens is 204 g/mol. The molecule has 0 saturated heterocycles. The number of carbonyl (C=O) groups is 1. The van der Waals surface area contributed by atoms with Gasteiger partial charge in [-0.05, 0) is 24.1 Å². The van der Waals surface area contributed by atoms with E-state index >= 15 is 0 Å². The molecule has 1 aromatic rings. The summed E-state index contributed by atoms with van der Waals surface area (Å²) in [5.41, 5.74) is 0.826. The van der Waals surface area contributed by atoms with E-state index in [9.17, 15) is 9.90 Å². The lowest BCUT2D eigenvalue weighted by Gasteiger charge is -2.10. The number of carboxylic acid groups (broad SMARTS) is 1. The van der Waals surface area contributed by atoms with Crippen molar-refractivity contribution in [3.63, 3.8) is 0 Å². The highest BCUT2D eigenvalue weighted by atomic mass is 16.4. The fourth-order valence-corrected chi connectivity index (χ4v) is 1.54. The van der Waals surface area contributed by atoms with Crippen molar-refractivity contribution < 1.29 is 15.0 Å². The Morgan fingerprint density at radius 3 is 2.81 bits per heavy atom. The van der Waals surface area contributed by atoms with E-state index in [4.69, 9.17) is 5.11 Å². The van der Waals surface area contributed by atoms with Gasteiger partial charge in [0.2, 0.25) is 0 Å². The van der Waals surface area contributed by atoms with Crippen molar-refractivity contribution in [3.8, 4) is 5.75 Å². The zero-order valence-corrected chi connectivity index (χ0v) is 9.26. The van der Waals surface area contributed by atoms with Crippen LogP contribution in [0.25, 0.3) is 0 Å².